The fourth-order valence-corrected chi connectivity index (χ4v) is 1.04. The van der Waals surface area contributed by atoms with Crippen LogP contribution < -0.4 is 5.32 Å². The predicted molar refractivity (Wildman–Crippen MR) is 56.6 cm³/mol. The van der Waals surface area contributed by atoms with Crippen LogP contribution in [0, 0.1) is 5.92 Å². The smallest absolute Gasteiger partial charge is 0.0173 e. The zero-order chi connectivity index (χ0) is 9.40. The van der Waals surface area contributed by atoms with Gasteiger partial charge in [0.2, 0.25) is 0 Å². The molecule has 0 heterocycles. The summed E-state index contributed by atoms with van der Waals surface area (Å²) < 4.78 is 0. The molecule has 1 nitrogen and oxygen atoms in total. The second-order valence-corrected chi connectivity index (χ2v) is 3.89. The van der Waals surface area contributed by atoms with Crippen molar-refractivity contribution in [2.75, 3.05) is 13.1 Å². The second kappa shape index (κ2) is 7.63. The van der Waals surface area contributed by atoms with E-state index in [9.17, 15) is 0 Å². The van der Waals surface area contributed by atoms with Gasteiger partial charge in [-0.05, 0) is 37.8 Å². The Labute approximate surface area is 81.2 Å². The zero-order valence-electron chi connectivity index (χ0n) is 8.36. The Bertz CT molecular complexity index is 130. The van der Waals surface area contributed by atoms with Crippen molar-refractivity contribution in [3.8, 4) is 0 Å². The Morgan fingerprint density at radius 1 is 1.50 bits per heavy atom. The molecule has 0 amide bonds. The molecule has 0 spiro atoms. The largest absolute Gasteiger partial charge is 0.313 e. The van der Waals surface area contributed by atoms with Crippen LogP contribution in [0.5, 0.6) is 0 Å². The van der Waals surface area contributed by atoms with E-state index < -0.39 is 0 Å². The van der Waals surface area contributed by atoms with Crippen molar-refractivity contribution in [2.45, 2.75) is 33.6 Å². The Balaban J connectivity index is 3.11. The van der Waals surface area contributed by atoms with Crippen LogP contribution in [0.3, 0.4) is 0 Å². The van der Waals surface area contributed by atoms with Gasteiger partial charge in [-0.3, -0.25) is 0 Å². The van der Waals surface area contributed by atoms with E-state index in [1.165, 1.54) is 18.4 Å². The van der Waals surface area contributed by atoms with Gasteiger partial charge in [-0.25, -0.2) is 0 Å². The molecule has 0 aliphatic carbocycles. The monoisotopic (exact) mass is 189 g/mol. The highest BCUT2D eigenvalue weighted by atomic mass is 35.5. The molecule has 0 unspecified atom stereocenters. The van der Waals surface area contributed by atoms with Crippen LogP contribution >= 0.6 is 11.6 Å². The summed E-state index contributed by atoms with van der Waals surface area (Å²) in [6.45, 7) is 8.55. The molecule has 0 saturated heterocycles. The van der Waals surface area contributed by atoms with Crippen molar-refractivity contribution in [3.05, 3.63) is 11.1 Å². The highest BCUT2D eigenvalue weighted by Gasteiger charge is 1.93. The first-order valence-corrected chi connectivity index (χ1v) is 5.07. The summed E-state index contributed by atoms with van der Waals surface area (Å²) in [5.41, 5.74) is 2.83. The van der Waals surface area contributed by atoms with E-state index in [1.54, 1.807) is 5.54 Å². The fraction of sp³-hybridized carbons (Fsp3) is 0.800. The van der Waals surface area contributed by atoms with Crippen LogP contribution in [-0.4, -0.2) is 13.1 Å². The van der Waals surface area contributed by atoms with Crippen LogP contribution in [0.2, 0.25) is 0 Å². The van der Waals surface area contributed by atoms with Gasteiger partial charge in [-0.15, -0.1) is 0 Å². The van der Waals surface area contributed by atoms with Crippen molar-refractivity contribution >= 4 is 11.6 Å². The van der Waals surface area contributed by atoms with E-state index in [4.69, 9.17) is 11.6 Å². The topological polar surface area (TPSA) is 12.0 Å². The third kappa shape index (κ3) is 8.09. The third-order valence-corrected chi connectivity index (χ3v) is 2.10. The molecule has 0 bridgehead atoms. The Kier molecular flexibility index (Phi) is 7.62. The van der Waals surface area contributed by atoms with Gasteiger partial charge in [0, 0.05) is 12.1 Å². The van der Waals surface area contributed by atoms with Gasteiger partial charge >= 0.3 is 0 Å². The molecule has 0 aromatic heterocycles. The average molecular weight is 190 g/mol. The highest BCUT2D eigenvalue weighted by Crippen LogP contribution is 2.01. The number of halogens is 1. The van der Waals surface area contributed by atoms with Crippen molar-refractivity contribution in [2.24, 2.45) is 5.92 Å². The van der Waals surface area contributed by atoms with E-state index >= 15 is 0 Å². The van der Waals surface area contributed by atoms with Crippen LogP contribution in [0.1, 0.15) is 33.6 Å². The zero-order valence-corrected chi connectivity index (χ0v) is 9.12. The summed E-state index contributed by atoms with van der Waals surface area (Å²) >= 11 is 5.51. The minimum atomic E-state index is 0.816. The molecule has 0 aromatic carbocycles. The lowest BCUT2D eigenvalue weighted by molar-refractivity contribution is 0.535. The summed E-state index contributed by atoms with van der Waals surface area (Å²) in [5, 5.41) is 3.34. The van der Waals surface area contributed by atoms with E-state index in [2.05, 4.69) is 19.2 Å². The Morgan fingerprint density at radius 3 is 2.67 bits per heavy atom. The summed E-state index contributed by atoms with van der Waals surface area (Å²) in [6, 6.07) is 0. The molecule has 0 radical (unpaired) electrons. The SMILES string of the molecule is CC(=CCl)CNCCCC(C)C. The van der Waals surface area contributed by atoms with E-state index in [0.717, 1.165) is 19.0 Å². The first kappa shape index (κ1) is 12.0. The summed E-state index contributed by atoms with van der Waals surface area (Å²) in [7, 11) is 0. The molecule has 0 fully saturated rings. The lowest BCUT2D eigenvalue weighted by atomic mass is 10.1. The highest BCUT2D eigenvalue weighted by molar-refractivity contribution is 6.25. The quantitative estimate of drug-likeness (QED) is 0.633. The molecule has 2 heteroatoms. The normalized spacial score (nSPS) is 12.6. The first-order valence-electron chi connectivity index (χ1n) is 4.63. The van der Waals surface area contributed by atoms with Crippen molar-refractivity contribution < 1.29 is 0 Å². The maximum atomic E-state index is 5.51. The van der Waals surface area contributed by atoms with Crippen LogP contribution in [0.4, 0.5) is 0 Å². The van der Waals surface area contributed by atoms with Gasteiger partial charge in [0.1, 0.15) is 0 Å². The molecule has 0 rings (SSSR count). The summed E-state index contributed by atoms with van der Waals surface area (Å²) in [5.74, 6) is 0.816. The molecule has 1 N–H and O–H groups in total. The van der Waals surface area contributed by atoms with Crippen molar-refractivity contribution in [1.82, 2.24) is 5.32 Å². The molecule has 12 heavy (non-hydrogen) atoms. The van der Waals surface area contributed by atoms with E-state index in [-0.39, 0.29) is 0 Å². The lowest BCUT2D eigenvalue weighted by Gasteiger charge is -2.05. The number of nitrogens with one attached hydrogen (secondary N) is 1. The standard InChI is InChI=1S/C10H20ClN/c1-9(2)5-4-6-12-8-10(3)7-11/h7,9,12H,4-6,8H2,1-3H3. The van der Waals surface area contributed by atoms with Crippen LogP contribution in [-0.2, 0) is 0 Å². The van der Waals surface area contributed by atoms with E-state index in [1.807, 2.05) is 6.92 Å². The molecular formula is C10H20ClN. The van der Waals surface area contributed by atoms with Crippen molar-refractivity contribution in [3.63, 3.8) is 0 Å². The fourth-order valence-electron chi connectivity index (χ4n) is 0.959. The molecule has 0 aliphatic heterocycles. The molecule has 0 saturated carbocycles. The number of hydrogen-bond donors (Lipinski definition) is 1. The van der Waals surface area contributed by atoms with Gasteiger partial charge in [0.25, 0.3) is 0 Å². The van der Waals surface area contributed by atoms with Gasteiger partial charge in [-0.2, -0.15) is 0 Å². The summed E-state index contributed by atoms with van der Waals surface area (Å²) in [6.07, 6.45) is 2.56. The lowest BCUT2D eigenvalue weighted by Crippen LogP contribution is -2.17. The summed E-state index contributed by atoms with van der Waals surface area (Å²) in [4.78, 5) is 0. The van der Waals surface area contributed by atoms with Crippen LogP contribution in [0.25, 0.3) is 0 Å². The third-order valence-electron chi connectivity index (χ3n) is 1.73. The van der Waals surface area contributed by atoms with Gasteiger partial charge in [0.15, 0.2) is 0 Å². The minimum Gasteiger partial charge on any atom is -0.313 e. The first-order chi connectivity index (χ1) is 5.66. The molecule has 0 aromatic rings. The molecular weight excluding hydrogens is 170 g/mol. The Hall–Kier alpha value is -0.0100. The van der Waals surface area contributed by atoms with E-state index in [0.29, 0.717) is 0 Å². The number of hydrogen-bond acceptors (Lipinski definition) is 1. The van der Waals surface area contributed by atoms with Gasteiger partial charge in [-0.1, -0.05) is 25.4 Å². The van der Waals surface area contributed by atoms with Crippen LogP contribution in [0.15, 0.2) is 11.1 Å². The molecule has 0 atom stereocenters. The average Bonchev–Trinajstić information content (AvgIpc) is 2.03. The maximum absolute atomic E-state index is 5.51. The van der Waals surface area contributed by atoms with Gasteiger partial charge in [0.05, 0.1) is 0 Å². The predicted octanol–water partition coefficient (Wildman–Crippen LogP) is 3.15. The minimum absolute atomic E-state index is 0.816. The van der Waals surface area contributed by atoms with Crippen molar-refractivity contribution in [1.29, 1.82) is 0 Å². The Morgan fingerprint density at radius 2 is 2.17 bits per heavy atom. The number of rotatable bonds is 6. The second-order valence-electron chi connectivity index (χ2n) is 3.67. The molecule has 0 aliphatic rings. The maximum Gasteiger partial charge on any atom is 0.0173 e. The van der Waals surface area contributed by atoms with Gasteiger partial charge < -0.3 is 5.32 Å². The molecule has 72 valence electrons.